The Morgan fingerprint density at radius 2 is 1.31 bits per heavy atom. The molecular formula is C19H18N4O9-4. The number of anilines is 2. The summed E-state index contributed by atoms with van der Waals surface area (Å²) in [5.74, 6) is -4.55. The summed E-state index contributed by atoms with van der Waals surface area (Å²) < 4.78 is 0. The number of fused-ring (bicyclic) bond motifs is 1. The molecule has 0 N–H and O–H groups in total. The summed E-state index contributed by atoms with van der Waals surface area (Å²) in [7, 11) is 1.77. The molecule has 1 aromatic rings. The van der Waals surface area contributed by atoms with Crippen molar-refractivity contribution in [3.05, 3.63) is 36.1 Å². The smallest absolute Gasteiger partial charge is 0.232 e. The molecule has 13 heteroatoms. The predicted molar refractivity (Wildman–Crippen MR) is 98.9 cm³/mol. The van der Waals surface area contributed by atoms with Crippen LogP contribution in [0, 0.1) is 0 Å². The number of aromatic nitrogens is 2. The normalized spacial score (nSPS) is 14.5. The van der Waals surface area contributed by atoms with Gasteiger partial charge in [-0.05, 0) is 37.1 Å². The van der Waals surface area contributed by atoms with Crippen molar-refractivity contribution in [3.8, 4) is 0 Å². The summed E-state index contributed by atoms with van der Waals surface area (Å²) in [5.41, 5.74) is 0.940. The molecule has 13 nitrogen and oxygen atoms in total. The zero-order valence-electron chi connectivity index (χ0n) is 16.9. The van der Waals surface area contributed by atoms with E-state index in [0.29, 0.717) is 30.7 Å². The van der Waals surface area contributed by atoms with Crippen molar-refractivity contribution in [2.24, 2.45) is 0 Å². The van der Waals surface area contributed by atoms with Crippen LogP contribution in [0.15, 0.2) is 30.5 Å². The van der Waals surface area contributed by atoms with Crippen LogP contribution in [-0.4, -0.2) is 59.9 Å². The first-order valence-electron chi connectivity index (χ1n) is 9.08. The lowest BCUT2D eigenvalue weighted by Gasteiger charge is -2.16. The van der Waals surface area contributed by atoms with E-state index in [-0.39, 0.29) is 5.91 Å². The molecule has 3 rings (SSSR count). The molecule has 0 atom stereocenters. The molecule has 0 aliphatic carbocycles. The van der Waals surface area contributed by atoms with Gasteiger partial charge in [0.1, 0.15) is 5.82 Å². The predicted octanol–water partition coefficient (Wildman–Crippen LogP) is -5.32. The number of carboxylic acids is 4. The van der Waals surface area contributed by atoms with Gasteiger partial charge in [0.2, 0.25) is 11.9 Å². The fraction of sp³-hybridized carbons (Fsp3) is 0.316. The Morgan fingerprint density at radius 1 is 0.875 bits per heavy atom. The van der Waals surface area contributed by atoms with E-state index in [1.807, 2.05) is 0 Å². The topological polar surface area (TPSA) is 210 Å². The maximum absolute atomic E-state index is 11.5. The van der Waals surface area contributed by atoms with E-state index in [1.165, 1.54) is 12.8 Å². The van der Waals surface area contributed by atoms with Crippen LogP contribution in [0.25, 0.3) is 0 Å². The van der Waals surface area contributed by atoms with E-state index in [9.17, 15) is 44.4 Å². The molecule has 3 heterocycles. The Bertz CT molecular complexity index is 871. The van der Waals surface area contributed by atoms with E-state index < -0.39 is 23.9 Å². The minimum absolute atomic E-state index is 0.0999. The van der Waals surface area contributed by atoms with Gasteiger partial charge in [-0.3, -0.25) is 9.69 Å². The molecule has 0 unspecified atom stereocenters. The van der Waals surface area contributed by atoms with E-state index in [0.717, 1.165) is 30.4 Å². The summed E-state index contributed by atoms with van der Waals surface area (Å²) in [6, 6.07) is 0. The van der Waals surface area contributed by atoms with Gasteiger partial charge in [0.15, 0.2) is 0 Å². The lowest BCUT2D eigenvalue weighted by Crippen LogP contribution is -2.24. The average molecular weight is 446 g/mol. The standard InChI is InChI=1S/C11H14N4O.2C4H4O4/c1-14-9(16)6-8-7-12-11(13-10(8)14)15-4-2-3-5-15;2*5-3(6)1-2-4(7)8/h7H,2-6H2,1H3;2*1-2H,(H,5,6)(H,7,8)/p-4/b;2*2-1+. The Kier molecular flexibility index (Phi) is 9.99. The number of amides is 1. The molecule has 172 valence electrons. The van der Waals surface area contributed by atoms with Crippen molar-refractivity contribution in [1.29, 1.82) is 0 Å². The van der Waals surface area contributed by atoms with Gasteiger partial charge in [0, 0.05) is 31.9 Å². The second-order valence-electron chi connectivity index (χ2n) is 6.29. The molecule has 0 saturated carbocycles. The van der Waals surface area contributed by atoms with Gasteiger partial charge in [-0.15, -0.1) is 0 Å². The summed E-state index contributed by atoms with van der Waals surface area (Å²) in [6.07, 6.45) is 6.17. The van der Waals surface area contributed by atoms with Gasteiger partial charge in [-0.1, -0.05) is 0 Å². The molecule has 2 aliphatic rings. The number of hydrogen-bond acceptors (Lipinski definition) is 12. The molecule has 0 spiro atoms. The van der Waals surface area contributed by atoms with Crippen LogP contribution >= 0.6 is 0 Å². The number of likely N-dealkylation sites (N-methyl/N-ethyl adjacent to an activating group) is 1. The maximum Gasteiger partial charge on any atom is 0.232 e. The van der Waals surface area contributed by atoms with E-state index >= 15 is 0 Å². The highest BCUT2D eigenvalue weighted by Crippen LogP contribution is 2.27. The molecule has 1 aromatic heterocycles. The fourth-order valence-corrected chi connectivity index (χ4v) is 2.55. The monoisotopic (exact) mass is 446 g/mol. The molecule has 2 aliphatic heterocycles. The molecule has 32 heavy (non-hydrogen) atoms. The van der Waals surface area contributed by atoms with Crippen LogP contribution in [0.4, 0.5) is 11.8 Å². The van der Waals surface area contributed by atoms with Crippen LogP contribution in [-0.2, 0) is 30.4 Å². The number of carbonyl (C=O) groups is 5. The second-order valence-corrected chi connectivity index (χ2v) is 6.29. The van der Waals surface area contributed by atoms with Gasteiger partial charge in [-0.25, -0.2) is 4.98 Å². The average Bonchev–Trinajstić information content (AvgIpc) is 3.35. The van der Waals surface area contributed by atoms with Crippen molar-refractivity contribution >= 4 is 41.6 Å². The second kappa shape index (κ2) is 12.4. The first-order valence-corrected chi connectivity index (χ1v) is 9.08. The molecule has 0 radical (unpaired) electrons. The molecule has 0 bridgehead atoms. The zero-order valence-corrected chi connectivity index (χ0v) is 16.9. The number of carbonyl (C=O) groups excluding carboxylic acids is 5. The summed E-state index contributed by atoms with van der Waals surface area (Å²) in [6.45, 7) is 2.05. The quantitative estimate of drug-likeness (QED) is 0.388. The molecule has 1 saturated heterocycles. The lowest BCUT2D eigenvalue weighted by atomic mass is 10.3. The Balaban J connectivity index is 0.000000273. The van der Waals surface area contributed by atoms with E-state index in [2.05, 4.69) is 14.9 Å². The number of aliphatic carboxylic acids is 4. The third-order valence-corrected chi connectivity index (χ3v) is 3.96. The van der Waals surface area contributed by atoms with Gasteiger partial charge in [0.25, 0.3) is 0 Å². The Hall–Kier alpha value is -4.29. The van der Waals surface area contributed by atoms with Gasteiger partial charge in [0.05, 0.1) is 30.3 Å². The summed E-state index contributed by atoms with van der Waals surface area (Å²) in [4.78, 5) is 61.8. The first kappa shape index (κ1) is 25.7. The number of carboxylic acid groups (broad SMARTS) is 4. The first-order chi connectivity index (χ1) is 15.0. The zero-order chi connectivity index (χ0) is 24.3. The van der Waals surface area contributed by atoms with E-state index in [4.69, 9.17) is 0 Å². The molecule has 1 amide bonds. The minimum atomic E-state index is -1.55. The van der Waals surface area contributed by atoms with Crippen molar-refractivity contribution < 1.29 is 44.4 Å². The lowest BCUT2D eigenvalue weighted by molar-refractivity contribution is -0.301. The summed E-state index contributed by atoms with van der Waals surface area (Å²) in [5, 5.41) is 37.7. The van der Waals surface area contributed by atoms with Crippen LogP contribution in [0.5, 0.6) is 0 Å². The van der Waals surface area contributed by atoms with Crippen molar-refractivity contribution in [3.63, 3.8) is 0 Å². The highest BCUT2D eigenvalue weighted by Gasteiger charge is 2.27. The highest BCUT2D eigenvalue weighted by molar-refractivity contribution is 5.99. The molecular weight excluding hydrogens is 428 g/mol. The molecule has 1 fully saturated rings. The van der Waals surface area contributed by atoms with E-state index in [1.54, 1.807) is 18.1 Å². The SMILES string of the molecule is CN1C(=O)Cc2cnc(N3CCCC3)nc21.O=C([O-])/C=C/C(=O)[O-].O=C([O-])/C=C/C(=O)[O-]. The van der Waals surface area contributed by atoms with Crippen LogP contribution < -0.4 is 30.2 Å². The highest BCUT2D eigenvalue weighted by atomic mass is 16.4. The van der Waals surface area contributed by atoms with Crippen molar-refractivity contribution in [1.82, 2.24) is 9.97 Å². The Labute approximate surface area is 181 Å². The van der Waals surface area contributed by atoms with Crippen molar-refractivity contribution in [2.45, 2.75) is 19.3 Å². The van der Waals surface area contributed by atoms with Gasteiger partial charge in [-0.2, -0.15) is 4.98 Å². The number of hydrogen-bond donors (Lipinski definition) is 0. The third-order valence-electron chi connectivity index (χ3n) is 3.96. The number of rotatable bonds is 5. The third kappa shape index (κ3) is 9.02. The molecule has 0 aromatic carbocycles. The summed E-state index contributed by atoms with van der Waals surface area (Å²) >= 11 is 0. The van der Waals surface area contributed by atoms with Crippen molar-refractivity contribution in [2.75, 3.05) is 29.9 Å². The van der Waals surface area contributed by atoms with Crippen LogP contribution in [0.2, 0.25) is 0 Å². The van der Waals surface area contributed by atoms with Crippen LogP contribution in [0.1, 0.15) is 18.4 Å². The number of nitrogens with zero attached hydrogens (tertiary/aromatic N) is 4. The Morgan fingerprint density at radius 3 is 1.72 bits per heavy atom. The fourth-order valence-electron chi connectivity index (χ4n) is 2.55. The van der Waals surface area contributed by atoms with Gasteiger partial charge < -0.3 is 44.5 Å². The van der Waals surface area contributed by atoms with Gasteiger partial charge >= 0.3 is 0 Å². The largest absolute Gasteiger partial charge is 0.545 e. The van der Waals surface area contributed by atoms with Crippen LogP contribution in [0.3, 0.4) is 0 Å². The minimum Gasteiger partial charge on any atom is -0.545 e. The maximum atomic E-state index is 11.5.